The molecule has 106 valence electrons. The Morgan fingerprint density at radius 1 is 1.26 bits per heavy atom. The van der Waals surface area contributed by atoms with Gasteiger partial charge in [0.05, 0.1) is 5.92 Å². The van der Waals surface area contributed by atoms with E-state index in [1.165, 1.54) is 0 Å². The van der Waals surface area contributed by atoms with E-state index in [2.05, 4.69) is 13.8 Å². The van der Waals surface area contributed by atoms with E-state index in [-0.39, 0.29) is 0 Å². The molecule has 1 atom stereocenters. The van der Waals surface area contributed by atoms with E-state index in [4.69, 9.17) is 16.3 Å². The smallest absolute Gasteiger partial charge is 0.311 e. The van der Waals surface area contributed by atoms with E-state index in [1.54, 1.807) is 24.3 Å². The second kappa shape index (κ2) is 8.18. The SMILES string of the molecule is CC(C)CCOCCC(C(=O)O)c1ccccc1Cl. The summed E-state index contributed by atoms with van der Waals surface area (Å²) in [5, 5.41) is 9.78. The van der Waals surface area contributed by atoms with E-state index in [0.717, 1.165) is 6.42 Å². The molecule has 0 aliphatic heterocycles. The van der Waals surface area contributed by atoms with Gasteiger partial charge in [-0.1, -0.05) is 43.6 Å². The molecule has 0 saturated carbocycles. The molecule has 0 radical (unpaired) electrons. The number of carboxylic acids is 1. The standard InChI is InChI=1S/C15H21ClO3/c1-11(2)7-9-19-10-8-13(15(17)18)12-5-3-4-6-14(12)16/h3-6,11,13H,7-10H2,1-2H3,(H,17,18). The first kappa shape index (κ1) is 16.0. The Morgan fingerprint density at radius 2 is 1.89 bits per heavy atom. The summed E-state index contributed by atoms with van der Waals surface area (Å²) in [5.41, 5.74) is 0.657. The number of halogens is 1. The molecule has 1 rings (SSSR count). The highest BCUT2D eigenvalue weighted by Crippen LogP contribution is 2.27. The molecule has 0 bridgehead atoms. The van der Waals surface area contributed by atoms with Gasteiger partial charge in [-0.3, -0.25) is 4.79 Å². The molecule has 0 spiro atoms. The summed E-state index contributed by atoms with van der Waals surface area (Å²) in [5.74, 6) is -0.868. The van der Waals surface area contributed by atoms with E-state index in [9.17, 15) is 9.90 Å². The van der Waals surface area contributed by atoms with Crippen LogP contribution in [0.5, 0.6) is 0 Å². The van der Waals surface area contributed by atoms with Crippen molar-refractivity contribution in [3.05, 3.63) is 34.9 Å². The highest BCUT2D eigenvalue weighted by molar-refractivity contribution is 6.31. The van der Waals surface area contributed by atoms with Crippen molar-refractivity contribution < 1.29 is 14.6 Å². The van der Waals surface area contributed by atoms with Crippen molar-refractivity contribution in [3.8, 4) is 0 Å². The van der Waals surface area contributed by atoms with Gasteiger partial charge in [-0.05, 0) is 30.4 Å². The maximum atomic E-state index is 11.3. The number of rotatable bonds is 8. The lowest BCUT2D eigenvalue weighted by Crippen LogP contribution is -2.15. The molecule has 3 nitrogen and oxygen atoms in total. The average molecular weight is 285 g/mol. The minimum Gasteiger partial charge on any atom is -0.481 e. The maximum Gasteiger partial charge on any atom is 0.311 e. The lowest BCUT2D eigenvalue weighted by molar-refractivity contribution is -0.139. The molecule has 1 aromatic carbocycles. The Labute approximate surface area is 119 Å². The van der Waals surface area contributed by atoms with E-state index in [0.29, 0.717) is 36.1 Å². The van der Waals surface area contributed by atoms with Gasteiger partial charge in [0.15, 0.2) is 0 Å². The van der Waals surface area contributed by atoms with Gasteiger partial charge in [0.1, 0.15) is 0 Å². The second-order valence-corrected chi connectivity index (χ2v) is 5.40. The Kier molecular flexibility index (Phi) is 6.89. The zero-order chi connectivity index (χ0) is 14.3. The van der Waals surface area contributed by atoms with Crippen LogP contribution in [0.4, 0.5) is 0 Å². The molecule has 0 heterocycles. The van der Waals surface area contributed by atoms with Crippen LogP contribution < -0.4 is 0 Å². The van der Waals surface area contributed by atoms with Crippen LogP contribution in [0.2, 0.25) is 5.02 Å². The molecule has 19 heavy (non-hydrogen) atoms. The third-order valence-corrected chi connectivity index (χ3v) is 3.31. The first-order valence-corrected chi connectivity index (χ1v) is 6.95. The number of aliphatic carboxylic acids is 1. The lowest BCUT2D eigenvalue weighted by atomic mass is 9.96. The molecule has 4 heteroatoms. The van der Waals surface area contributed by atoms with Crippen molar-refractivity contribution in [3.63, 3.8) is 0 Å². The number of ether oxygens (including phenoxy) is 1. The van der Waals surface area contributed by atoms with Crippen molar-refractivity contribution in [2.24, 2.45) is 5.92 Å². The van der Waals surface area contributed by atoms with Gasteiger partial charge in [-0.2, -0.15) is 0 Å². The van der Waals surface area contributed by atoms with E-state index >= 15 is 0 Å². The van der Waals surface area contributed by atoms with Crippen LogP contribution in [0.1, 0.15) is 38.2 Å². The number of benzene rings is 1. The summed E-state index contributed by atoms with van der Waals surface area (Å²) in [6.45, 7) is 5.38. The van der Waals surface area contributed by atoms with E-state index < -0.39 is 11.9 Å². The zero-order valence-corrected chi connectivity index (χ0v) is 12.2. The molecule has 1 aromatic rings. The Hall–Kier alpha value is -1.06. The predicted molar refractivity (Wildman–Crippen MR) is 76.7 cm³/mol. The zero-order valence-electron chi connectivity index (χ0n) is 11.4. The van der Waals surface area contributed by atoms with Crippen LogP contribution in [0.3, 0.4) is 0 Å². The van der Waals surface area contributed by atoms with Gasteiger partial charge in [-0.15, -0.1) is 0 Å². The third kappa shape index (κ3) is 5.62. The normalized spacial score (nSPS) is 12.6. The molecule has 0 amide bonds. The molecular weight excluding hydrogens is 264 g/mol. The third-order valence-electron chi connectivity index (χ3n) is 2.97. The number of hydrogen-bond donors (Lipinski definition) is 1. The minimum absolute atomic E-state index is 0.439. The largest absolute Gasteiger partial charge is 0.481 e. The topological polar surface area (TPSA) is 46.5 Å². The van der Waals surface area contributed by atoms with Gasteiger partial charge in [-0.25, -0.2) is 0 Å². The summed E-state index contributed by atoms with van der Waals surface area (Å²) in [6.07, 6.45) is 1.43. The predicted octanol–water partition coefficient (Wildman–Crippen LogP) is 3.96. The van der Waals surface area contributed by atoms with Gasteiger partial charge in [0.25, 0.3) is 0 Å². The minimum atomic E-state index is -0.861. The van der Waals surface area contributed by atoms with Crippen molar-refractivity contribution >= 4 is 17.6 Å². The molecule has 0 saturated heterocycles. The van der Waals surface area contributed by atoms with Gasteiger partial charge in [0, 0.05) is 18.2 Å². The molecule has 1 unspecified atom stereocenters. The second-order valence-electron chi connectivity index (χ2n) is 5.00. The summed E-state index contributed by atoms with van der Waals surface area (Å²) < 4.78 is 5.48. The Bertz CT molecular complexity index is 404. The quantitative estimate of drug-likeness (QED) is 0.735. The van der Waals surface area contributed by atoms with Gasteiger partial charge >= 0.3 is 5.97 Å². The Balaban J connectivity index is 2.51. The van der Waals surface area contributed by atoms with Crippen LogP contribution in [0, 0.1) is 5.92 Å². The van der Waals surface area contributed by atoms with Crippen molar-refractivity contribution in [2.75, 3.05) is 13.2 Å². The highest BCUT2D eigenvalue weighted by atomic mass is 35.5. The summed E-state index contributed by atoms with van der Waals surface area (Å²) >= 11 is 6.04. The fraction of sp³-hybridized carbons (Fsp3) is 0.533. The highest BCUT2D eigenvalue weighted by Gasteiger charge is 2.21. The molecule has 0 aliphatic rings. The van der Waals surface area contributed by atoms with Crippen LogP contribution in [0.15, 0.2) is 24.3 Å². The molecule has 1 N–H and O–H groups in total. The molecular formula is C15H21ClO3. The van der Waals surface area contributed by atoms with Crippen molar-refractivity contribution in [2.45, 2.75) is 32.6 Å². The first-order chi connectivity index (χ1) is 9.02. The summed E-state index contributed by atoms with van der Waals surface area (Å²) in [6, 6.07) is 7.07. The Morgan fingerprint density at radius 3 is 2.47 bits per heavy atom. The van der Waals surface area contributed by atoms with Crippen molar-refractivity contribution in [1.82, 2.24) is 0 Å². The van der Waals surface area contributed by atoms with Gasteiger partial charge in [0.2, 0.25) is 0 Å². The summed E-state index contributed by atoms with van der Waals surface area (Å²) in [7, 11) is 0. The fourth-order valence-corrected chi connectivity index (χ4v) is 2.06. The van der Waals surface area contributed by atoms with Crippen molar-refractivity contribution in [1.29, 1.82) is 0 Å². The monoisotopic (exact) mass is 284 g/mol. The van der Waals surface area contributed by atoms with E-state index in [1.807, 2.05) is 0 Å². The van der Waals surface area contributed by atoms with Crippen LogP contribution in [-0.4, -0.2) is 24.3 Å². The fourth-order valence-electron chi connectivity index (χ4n) is 1.79. The number of carboxylic acid groups (broad SMARTS) is 1. The maximum absolute atomic E-state index is 11.3. The van der Waals surface area contributed by atoms with Crippen LogP contribution >= 0.6 is 11.6 Å². The molecule has 0 aromatic heterocycles. The molecule has 0 aliphatic carbocycles. The van der Waals surface area contributed by atoms with Crippen LogP contribution in [-0.2, 0) is 9.53 Å². The first-order valence-electron chi connectivity index (χ1n) is 6.57. The summed E-state index contributed by atoms with van der Waals surface area (Å²) in [4.78, 5) is 11.3. The van der Waals surface area contributed by atoms with Gasteiger partial charge < -0.3 is 9.84 Å². The number of hydrogen-bond acceptors (Lipinski definition) is 2. The lowest BCUT2D eigenvalue weighted by Gasteiger charge is -2.14. The van der Waals surface area contributed by atoms with Crippen LogP contribution in [0.25, 0.3) is 0 Å². The molecule has 0 fully saturated rings. The average Bonchev–Trinajstić information content (AvgIpc) is 2.34. The number of carbonyl (C=O) groups is 1.